The summed E-state index contributed by atoms with van der Waals surface area (Å²) in [6, 6.07) is 1.94. The SMILES string of the molecule is C/C(C#N)=C/[C@@H]1[C@@H](C(=O)OCc2c(F)c(F)c(CO)c(F)c2F)C1(C)C. The maximum Gasteiger partial charge on any atom is 0.310 e. The third-order valence-corrected chi connectivity index (χ3v) is 4.73. The van der Waals surface area contributed by atoms with Crippen molar-refractivity contribution in [2.24, 2.45) is 17.3 Å². The van der Waals surface area contributed by atoms with Gasteiger partial charge in [0.05, 0.1) is 29.7 Å². The van der Waals surface area contributed by atoms with Crippen molar-refractivity contribution in [2.75, 3.05) is 0 Å². The number of hydrogen-bond donors (Lipinski definition) is 1. The van der Waals surface area contributed by atoms with E-state index in [2.05, 4.69) is 0 Å². The minimum absolute atomic E-state index is 0.283. The highest BCUT2D eigenvalue weighted by Gasteiger charge is 2.61. The van der Waals surface area contributed by atoms with Crippen LogP contribution in [0.1, 0.15) is 31.9 Å². The first kappa shape index (κ1) is 19.9. The molecule has 0 spiro atoms. The van der Waals surface area contributed by atoms with E-state index in [1.165, 1.54) is 0 Å². The zero-order chi connectivity index (χ0) is 19.8. The first-order valence-electron chi connectivity index (χ1n) is 7.77. The fourth-order valence-corrected chi connectivity index (χ4v) is 2.97. The van der Waals surface area contributed by atoms with E-state index in [-0.39, 0.29) is 5.92 Å². The summed E-state index contributed by atoms with van der Waals surface area (Å²) in [7, 11) is 0. The van der Waals surface area contributed by atoms with Crippen molar-refractivity contribution in [3.05, 3.63) is 46.0 Å². The number of halogens is 4. The van der Waals surface area contributed by atoms with Gasteiger partial charge in [-0.25, -0.2) is 17.6 Å². The summed E-state index contributed by atoms with van der Waals surface area (Å²) < 4.78 is 59.9. The van der Waals surface area contributed by atoms with Crippen LogP contribution in [0.5, 0.6) is 0 Å². The topological polar surface area (TPSA) is 70.3 Å². The van der Waals surface area contributed by atoms with Gasteiger partial charge in [-0.3, -0.25) is 4.79 Å². The van der Waals surface area contributed by atoms with Crippen LogP contribution in [0.2, 0.25) is 0 Å². The Morgan fingerprint density at radius 1 is 1.19 bits per heavy atom. The average Bonchev–Trinajstić information content (AvgIpc) is 3.13. The van der Waals surface area contributed by atoms with E-state index in [4.69, 9.17) is 15.1 Å². The van der Waals surface area contributed by atoms with Crippen LogP contribution in [0.4, 0.5) is 17.6 Å². The van der Waals surface area contributed by atoms with Crippen LogP contribution < -0.4 is 0 Å². The number of allylic oxidation sites excluding steroid dienone is 2. The minimum atomic E-state index is -1.73. The molecule has 1 aromatic carbocycles. The highest BCUT2D eigenvalue weighted by Crippen LogP contribution is 2.59. The van der Waals surface area contributed by atoms with Gasteiger partial charge in [0, 0.05) is 5.57 Å². The van der Waals surface area contributed by atoms with E-state index in [0.29, 0.717) is 5.57 Å². The van der Waals surface area contributed by atoms with Gasteiger partial charge < -0.3 is 9.84 Å². The molecule has 1 aromatic rings. The van der Waals surface area contributed by atoms with E-state index in [1.54, 1.807) is 26.8 Å². The standard InChI is InChI=1S/C18H17F4NO3/c1-8(5-23)4-11-12(18(11,2)3)17(25)26-7-10-15(21)13(19)9(6-24)14(20)16(10)22/h4,11-12,24H,6-7H2,1-3H3/b8-4-/t11-,12+/m1/s1. The minimum Gasteiger partial charge on any atom is -0.460 e. The molecule has 0 saturated heterocycles. The Bertz CT molecular complexity index is 798. The van der Waals surface area contributed by atoms with E-state index in [9.17, 15) is 22.4 Å². The zero-order valence-electron chi connectivity index (χ0n) is 14.4. The van der Waals surface area contributed by atoms with Crippen molar-refractivity contribution in [3.8, 4) is 6.07 Å². The molecule has 1 N–H and O–H groups in total. The maximum atomic E-state index is 13.9. The summed E-state index contributed by atoms with van der Waals surface area (Å²) in [5.74, 6) is -8.59. The number of benzene rings is 1. The number of aliphatic hydroxyl groups is 1. The number of rotatable bonds is 5. The van der Waals surface area contributed by atoms with Gasteiger partial charge in [-0.2, -0.15) is 5.26 Å². The number of hydrogen-bond acceptors (Lipinski definition) is 4. The van der Waals surface area contributed by atoms with Crippen LogP contribution >= 0.6 is 0 Å². The van der Waals surface area contributed by atoms with Gasteiger partial charge in [0.15, 0.2) is 23.3 Å². The molecule has 1 aliphatic carbocycles. The second-order valence-corrected chi connectivity index (χ2v) is 6.77. The van der Waals surface area contributed by atoms with Crippen molar-refractivity contribution in [1.29, 1.82) is 5.26 Å². The molecule has 1 fully saturated rings. The summed E-state index contributed by atoms with van der Waals surface area (Å²) in [4.78, 5) is 12.2. The molecule has 8 heteroatoms. The van der Waals surface area contributed by atoms with Crippen LogP contribution in [0.3, 0.4) is 0 Å². The van der Waals surface area contributed by atoms with Crippen molar-refractivity contribution in [1.82, 2.24) is 0 Å². The van der Waals surface area contributed by atoms with Gasteiger partial charge >= 0.3 is 5.97 Å². The molecule has 2 atom stereocenters. The summed E-state index contributed by atoms with van der Waals surface area (Å²) >= 11 is 0. The molecule has 1 saturated carbocycles. The highest BCUT2D eigenvalue weighted by molar-refractivity contribution is 5.78. The van der Waals surface area contributed by atoms with Gasteiger partial charge in [0.1, 0.15) is 6.61 Å². The van der Waals surface area contributed by atoms with Crippen molar-refractivity contribution in [3.63, 3.8) is 0 Å². The number of carbonyl (C=O) groups is 1. The smallest absolute Gasteiger partial charge is 0.310 e. The van der Waals surface area contributed by atoms with Gasteiger partial charge in [-0.05, 0) is 18.3 Å². The van der Waals surface area contributed by atoms with Gasteiger partial charge in [0.25, 0.3) is 0 Å². The predicted octanol–water partition coefficient (Wildman–Crippen LogP) is 3.52. The Hall–Kier alpha value is -2.40. The Kier molecular flexibility index (Phi) is 5.42. The van der Waals surface area contributed by atoms with E-state index >= 15 is 0 Å². The third kappa shape index (κ3) is 3.31. The largest absolute Gasteiger partial charge is 0.460 e. The molecule has 26 heavy (non-hydrogen) atoms. The molecule has 0 bridgehead atoms. The number of carbonyl (C=O) groups excluding carboxylic acids is 1. The maximum absolute atomic E-state index is 13.9. The lowest BCUT2D eigenvalue weighted by atomic mass is 10.1. The summed E-state index contributed by atoms with van der Waals surface area (Å²) in [6.07, 6.45) is 1.61. The van der Waals surface area contributed by atoms with Crippen LogP contribution in [-0.4, -0.2) is 11.1 Å². The lowest BCUT2D eigenvalue weighted by molar-refractivity contribution is -0.147. The van der Waals surface area contributed by atoms with Crippen molar-refractivity contribution >= 4 is 5.97 Å². The third-order valence-electron chi connectivity index (χ3n) is 4.73. The molecule has 4 nitrogen and oxygen atoms in total. The van der Waals surface area contributed by atoms with Crippen LogP contribution in [-0.2, 0) is 22.7 Å². The molecular formula is C18H17F4NO3. The number of ether oxygens (including phenoxy) is 1. The normalized spacial score (nSPS) is 21.3. The summed E-state index contributed by atoms with van der Waals surface area (Å²) in [5.41, 5.74) is -2.29. The number of esters is 1. The van der Waals surface area contributed by atoms with Gasteiger partial charge in [-0.15, -0.1) is 0 Å². The van der Waals surface area contributed by atoms with E-state index in [0.717, 1.165) is 0 Å². The number of aliphatic hydroxyl groups excluding tert-OH is 1. The highest BCUT2D eigenvalue weighted by atomic mass is 19.2. The Balaban J connectivity index is 2.18. The Morgan fingerprint density at radius 3 is 2.15 bits per heavy atom. The molecule has 140 valence electrons. The van der Waals surface area contributed by atoms with Crippen molar-refractivity contribution in [2.45, 2.75) is 34.0 Å². The molecular weight excluding hydrogens is 354 g/mol. The summed E-state index contributed by atoms with van der Waals surface area (Å²) in [6.45, 7) is 2.91. The Labute approximate surface area is 147 Å². The number of nitriles is 1. The molecule has 0 unspecified atom stereocenters. The molecule has 1 aliphatic rings. The number of nitrogens with zero attached hydrogens (tertiary/aromatic N) is 1. The lowest BCUT2D eigenvalue weighted by Crippen LogP contribution is -2.14. The molecule has 0 radical (unpaired) electrons. The van der Waals surface area contributed by atoms with Crippen LogP contribution in [0.25, 0.3) is 0 Å². The molecule has 0 aliphatic heterocycles. The monoisotopic (exact) mass is 371 g/mol. The first-order chi connectivity index (χ1) is 12.1. The van der Waals surface area contributed by atoms with Gasteiger partial charge in [-0.1, -0.05) is 19.9 Å². The second kappa shape index (κ2) is 7.08. The lowest BCUT2D eigenvalue weighted by Gasteiger charge is -2.11. The van der Waals surface area contributed by atoms with Crippen LogP contribution in [0, 0.1) is 51.9 Å². The molecule has 0 amide bonds. The van der Waals surface area contributed by atoms with Crippen LogP contribution in [0.15, 0.2) is 11.6 Å². The fraction of sp³-hybridized carbons (Fsp3) is 0.444. The fourth-order valence-electron chi connectivity index (χ4n) is 2.97. The molecule has 2 rings (SSSR count). The molecule has 0 heterocycles. The predicted molar refractivity (Wildman–Crippen MR) is 82.1 cm³/mol. The Morgan fingerprint density at radius 2 is 1.69 bits per heavy atom. The summed E-state index contributed by atoms with van der Waals surface area (Å²) in [5, 5.41) is 17.6. The van der Waals surface area contributed by atoms with E-state index in [1.807, 2.05) is 6.07 Å². The first-order valence-corrected chi connectivity index (χ1v) is 7.77. The average molecular weight is 371 g/mol. The zero-order valence-corrected chi connectivity index (χ0v) is 14.4. The second-order valence-electron chi connectivity index (χ2n) is 6.77. The molecule has 0 aromatic heterocycles. The van der Waals surface area contributed by atoms with Gasteiger partial charge in [0.2, 0.25) is 0 Å². The quantitative estimate of drug-likeness (QED) is 0.372. The van der Waals surface area contributed by atoms with Crippen molar-refractivity contribution < 1.29 is 32.2 Å². The van der Waals surface area contributed by atoms with E-state index < -0.39 is 64.9 Å².